The van der Waals surface area contributed by atoms with Gasteiger partial charge in [-0.25, -0.2) is 0 Å². The highest BCUT2D eigenvalue weighted by atomic mass is 16.6. The summed E-state index contributed by atoms with van der Waals surface area (Å²) < 4.78 is 4.83. The molecule has 114 valence electrons. The van der Waals surface area contributed by atoms with Crippen molar-refractivity contribution in [1.29, 1.82) is 0 Å². The molecule has 0 atom stereocenters. The van der Waals surface area contributed by atoms with Crippen LogP contribution in [-0.4, -0.2) is 44.2 Å². The highest BCUT2D eigenvalue weighted by Crippen LogP contribution is 2.36. The zero-order chi connectivity index (χ0) is 15.2. The SMILES string of the molecule is COCCNC(=O)CNc1c([N+](=O)[O-])ccc2c1CCN2. The van der Waals surface area contributed by atoms with Gasteiger partial charge in [0.15, 0.2) is 0 Å². The van der Waals surface area contributed by atoms with E-state index in [-0.39, 0.29) is 18.1 Å². The van der Waals surface area contributed by atoms with Crippen LogP contribution in [0.25, 0.3) is 0 Å². The molecule has 1 heterocycles. The van der Waals surface area contributed by atoms with Crippen LogP contribution in [0.3, 0.4) is 0 Å². The second-order valence-electron chi connectivity index (χ2n) is 4.62. The summed E-state index contributed by atoms with van der Waals surface area (Å²) in [6.07, 6.45) is 0.699. The standard InChI is InChI=1S/C13H18N4O4/c1-21-7-6-15-12(18)8-16-13-9-4-5-14-10(9)2-3-11(13)17(19)20/h2-3,14,16H,4-8H2,1H3,(H,15,18). The molecule has 8 nitrogen and oxygen atoms in total. The van der Waals surface area contributed by atoms with Crippen molar-refractivity contribution < 1.29 is 14.5 Å². The van der Waals surface area contributed by atoms with Gasteiger partial charge in [-0.15, -0.1) is 0 Å². The fraction of sp³-hybridized carbons (Fsp3) is 0.462. The molecular weight excluding hydrogens is 276 g/mol. The van der Waals surface area contributed by atoms with Gasteiger partial charge in [-0.3, -0.25) is 14.9 Å². The van der Waals surface area contributed by atoms with E-state index in [0.717, 1.165) is 17.8 Å². The van der Waals surface area contributed by atoms with Crippen LogP contribution in [0.5, 0.6) is 0 Å². The van der Waals surface area contributed by atoms with E-state index in [4.69, 9.17) is 4.74 Å². The monoisotopic (exact) mass is 294 g/mol. The third kappa shape index (κ3) is 3.60. The summed E-state index contributed by atoms with van der Waals surface area (Å²) in [4.78, 5) is 22.3. The number of hydrogen-bond donors (Lipinski definition) is 3. The molecule has 0 aromatic heterocycles. The van der Waals surface area contributed by atoms with Crippen molar-refractivity contribution in [3.8, 4) is 0 Å². The molecule has 0 spiro atoms. The van der Waals surface area contributed by atoms with Gasteiger partial charge in [-0.1, -0.05) is 0 Å². The minimum Gasteiger partial charge on any atom is -0.384 e. The first-order valence-corrected chi connectivity index (χ1v) is 6.67. The zero-order valence-corrected chi connectivity index (χ0v) is 11.8. The molecule has 8 heteroatoms. The number of nitrogens with zero attached hydrogens (tertiary/aromatic N) is 1. The molecule has 0 bridgehead atoms. The maximum absolute atomic E-state index is 11.7. The van der Waals surface area contributed by atoms with Crippen LogP contribution in [-0.2, 0) is 16.0 Å². The molecule has 1 aliphatic rings. The largest absolute Gasteiger partial charge is 0.384 e. The third-order valence-electron chi connectivity index (χ3n) is 3.23. The Morgan fingerprint density at radius 1 is 1.52 bits per heavy atom. The third-order valence-corrected chi connectivity index (χ3v) is 3.23. The van der Waals surface area contributed by atoms with Gasteiger partial charge in [-0.2, -0.15) is 0 Å². The van der Waals surface area contributed by atoms with Gasteiger partial charge in [0, 0.05) is 37.5 Å². The Labute approximate surface area is 122 Å². The number of nitro groups is 1. The average molecular weight is 294 g/mol. The van der Waals surface area contributed by atoms with E-state index in [1.165, 1.54) is 6.07 Å². The Morgan fingerprint density at radius 3 is 3.05 bits per heavy atom. The Hall–Kier alpha value is -2.35. The van der Waals surface area contributed by atoms with Crippen LogP contribution in [0.2, 0.25) is 0 Å². The van der Waals surface area contributed by atoms with Crippen molar-refractivity contribution in [1.82, 2.24) is 5.32 Å². The number of methoxy groups -OCH3 is 1. The van der Waals surface area contributed by atoms with Gasteiger partial charge < -0.3 is 20.7 Å². The maximum atomic E-state index is 11.7. The molecule has 1 aromatic rings. The van der Waals surface area contributed by atoms with Crippen molar-refractivity contribution in [2.75, 3.05) is 44.0 Å². The van der Waals surface area contributed by atoms with E-state index >= 15 is 0 Å². The number of ether oxygens (including phenoxy) is 1. The predicted molar refractivity (Wildman–Crippen MR) is 78.7 cm³/mol. The Kier molecular flexibility index (Phi) is 4.94. The van der Waals surface area contributed by atoms with Gasteiger partial charge in [-0.05, 0) is 12.5 Å². The molecule has 1 aliphatic heterocycles. The lowest BCUT2D eigenvalue weighted by atomic mass is 10.1. The van der Waals surface area contributed by atoms with Crippen LogP contribution in [0.1, 0.15) is 5.56 Å². The number of carbonyl (C=O) groups is 1. The van der Waals surface area contributed by atoms with Crippen molar-refractivity contribution in [2.45, 2.75) is 6.42 Å². The van der Waals surface area contributed by atoms with Crippen LogP contribution in [0.4, 0.5) is 17.1 Å². The number of rotatable bonds is 7. The normalized spacial score (nSPS) is 12.4. The molecule has 0 saturated heterocycles. The molecule has 1 aromatic carbocycles. The number of anilines is 2. The summed E-state index contributed by atoms with van der Waals surface area (Å²) in [7, 11) is 1.55. The van der Waals surface area contributed by atoms with Crippen LogP contribution in [0, 0.1) is 10.1 Å². The Balaban J connectivity index is 2.06. The van der Waals surface area contributed by atoms with Crippen LogP contribution < -0.4 is 16.0 Å². The van der Waals surface area contributed by atoms with E-state index in [2.05, 4.69) is 16.0 Å². The van der Waals surface area contributed by atoms with Crippen molar-refractivity contribution in [3.63, 3.8) is 0 Å². The van der Waals surface area contributed by atoms with Crippen LogP contribution >= 0.6 is 0 Å². The van der Waals surface area contributed by atoms with Crippen molar-refractivity contribution in [2.24, 2.45) is 0 Å². The topological polar surface area (TPSA) is 106 Å². The number of carbonyl (C=O) groups excluding carboxylic acids is 1. The van der Waals surface area contributed by atoms with Gasteiger partial charge in [0.05, 0.1) is 18.1 Å². The first-order chi connectivity index (χ1) is 10.1. The molecule has 0 fully saturated rings. The first kappa shape index (κ1) is 15.0. The molecule has 3 N–H and O–H groups in total. The number of fused-ring (bicyclic) bond motifs is 1. The van der Waals surface area contributed by atoms with Gasteiger partial charge >= 0.3 is 0 Å². The second kappa shape index (κ2) is 6.89. The van der Waals surface area contributed by atoms with E-state index < -0.39 is 4.92 Å². The molecule has 0 radical (unpaired) electrons. The number of benzene rings is 1. The first-order valence-electron chi connectivity index (χ1n) is 6.67. The lowest BCUT2D eigenvalue weighted by molar-refractivity contribution is -0.384. The fourth-order valence-electron chi connectivity index (χ4n) is 2.26. The van der Waals surface area contributed by atoms with E-state index in [9.17, 15) is 14.9 Å². The summed E-state index contributed by atoms with van der Waals surface area (Å²) in [5.41, 5.74) is 2.14. The average Bonchev–Trinajstić information content (AvgIpc) is 2.93. The minimum atomic E-state index is -0.441. The van der Waals surface area contributed by atoms with Gasteiger partial charge in [0.1, 0.15) is 5.69 Å². The lowest BCUT2D eigenvalue weighted by Gasteiger charge is -2.11. The maximum Gasteiger partial charge on any atom is 0.292 e. The number of nitro benzene ring substituents is 1. The molecular formula is C13H18N4O4. The predicted octanol–water partition coefficient (Wildman–Crippen LogP) is 0.737. The second-order valence-corrected chi connectivity index (χ2v) is 4.62. The summed E-state index contributed by atoms with van der Waals surface area (Å²) in [5, 5.41) is 19.8. The molecule has 21 heavy (non-hydrogen) atoms. The molecule has 1 amide bonds. The summed E-state index contributed by atoms with van der Waals surface area (Å²) in [5.74, 6) is -0.232. The number of hydrogen-bond acceptors (Lipinski definition) is 6. The summed E-state index contributed by atoms with van der Waals surface area (Å²) in [6, 6.07) is 3.15. The fourth-order valence-corrected chi connectivity index (χ4v) is 2.26. The van der Waals surface area contributed by atoms with E-state index in [1.54, 1.807) is 13.2 Å². The Bertz CT molecular complexity index is 547. The van der Waals surface area contributed by atoms with Gasteiger partial charge in [0.25, 0.3) is 5.69 Å². The molecule has 2 rings (SSSR count). The quantitative estimate of drug-likeness (QED) is 0.389. The lowest BCUT2D eigenvalue weighted by Crippen LogP contribution is -2.32. The minimum absolute atomic E-state index is 0.0119. The zero-order valence-electron chi connectivity index (χ0n) is 11.8. The smallest absolute Gasteiger partial charge is 0.292 e. The molecule has 0 saturated carbocycles. The van der Waals surface area contributed by atoms with Gasteiger partial charge in [0.2, 0.25) is 5.91 Å². The Morgan fingerprint density at radius 2 is 2.33 bits per heavy atom. The number of amides is 1. The number of nitrogens with one attached hydrogen (secondary N) is 3. The van der Waals surface area contributed by atoms with Crippen LogP contribution in [0.15, 0.2) is 12.1 Å². The highest BCUT2D eigenvalue weighted by molar-refractivity contribution is 5.84. The van der Waals surface area contributed by atoms with E-state index in [0.29, 0.717) is 25.3 Å². The molecule has 0 aliphatic carbocycles. The molecule has 0 unspecified atom stereocenters. The summed E-state index contributed by atoms with van der Waals surface area (Å²) >= 11 is 0. The van der Waals surface area contributed by atoms with Crippen molar-refractivity contribution >= 4 is 23.0 Å². The van der Waals surface area contributed by atoms with E-state index in [1.807, 2.05) is 0 Å². The highest BCUT2D eigenvalue weighted by Gasteiger charge is 2.23. The van der Waals surface area contributed by atoms with Crippen molar-refractivity contribution in [3.05, 3.63) is 27.8 Å². The summed E-state index contributed by atoms with van der Waals surface area (Å²) in [6.45, 7) is 1.57.